The van der Waals surface area contributed by atoms with E-state index in [1.807, 2.05) is 24.3 Å². The third-order valence-corrected chi connectivity index (χ3v) is 5.28. The van der Waals surface area contributed by atoms with E-state index in [1.54, 1.807) is 0 Å². The Bertz CT molecular complexity index is 782. The van der Waals surface area contributed by atoms with Crippen molar-refractivity contribution in [1.29, 1.82) is 5.41 Å². The lowest BCUT2D eigenvalue weighted by molar-refractivity contribution is -0.142. The van der Waals surface area contributed by atoms with E-state index in [4.69, 9.17) is 15.9 Å². The molecule has 6 heteroatoms. The molecule has 0 bridgehead atoms. The van der Waals surface area contributed by atoms with Gasteiger partial charge in [0.1, 0.15) is 5.84 Å². The summed E-state index contributed by atoms with van der Waals surface area (Å²) in [5.41, 5.74) is 9.82. The average Bonchev–Trinajstić information content (AvgIpc) is 2.70. The summed E-state index contributed by atoms with van der Waals surface area (Å²) in [6.45, 7) is 2.99. The monoisotopic (exact) mass is 401 g/mol. The van der Waals surface area contributed by atoms with Gasteiger partial charge in [0.2, 0.25) is 0 Å². The Morgan fingerprint density at radius 2 is 1.61 bits per heavy atom. The molecule has 1 saturated heterocycles. The molecule has 1 aliphatic heterocycles. The fourth-order valence-corrected chi connectivity index (χ4v) is 3.57. The zero-order valence-corrected chi connectivity index (χ0v) is 17.0. The lowest BCUT2D eigenvalue weighted by atomic mass is 9.93. The van der Waals surface area contributed by atoms with E-state index < -0.39 is 0 Å². The number of rotatable bonds is 6. The van der Waals surface area contributed by atoms with Crippen LogP contribution in [0.2, 0.25) is 0 Å². The van der Waals surface area contributed by atoms with E-state index in [2.05, 4.69) is 29.2 Å². The van der Waals surface area contributed by atoms with Crippen LogP contribution in [0.3, 0.4) is 0 Å². The van der Waals surface area contributed by atoms with Gasteiger partial charge in [0.15, 0.2) is 0 Å². The number of hydrogen-bond donors (Lipinski definition) is 2. The molecular formula is C22H28ClN3O2. The van der Waals surface area contributed by atoms with Crippen molar-refractivity contribution < 1.29 is 9.53 Å². The predicted molar refractivity (Wildman–Crippen MR) is 115 cm³/mol. The van der Waals surface area contributed by atoms with Crippen molar-refractivity contribution in [3.8, 4) is 11.1 Å². The highest BCUT2D eigenvalue weighted by molar-refractivity contribution is 5.95. The minimum atomic E-state index is -0.0969. The Morgan fingerprint density at radius 3 is 2.11 bits per heavy atom. The number of amidine groups is 1. The summed E-state index contributed by atoms with van der Waals surface area (Å²) >= 11 is 0. The fraction of sp³-hybridized carbons (Fsp3) is 0.364. The molecule has 1 fully saturated rings. The first-order chi connectivity index (χ1) is 13.0. The number of carbonyl (C=O) groups excluding carboxylic acids is 1. The van der Waals surface area contributed by atoms with Crippen LogP contribution in [0.5, 0.6) is 0 Å². The molecule has 2 aromatic rings. The van der Waals surface area contributed by atoms with Crippen molar-refractivity contribution in [2.24, 2.45) is 11.7 Å². The number of hydrogen-bond acceptors (Lipinski definition) is 4. The van der Waals surface area contributed by atoms with E-state index in [0.29, 0.717) is 12.3 Å². The second kappa shape index (κ2) is 10.2. The number of nitrogen functional groups attached to an aromatic ring is 1. The second-order valence-corrected chi connectivity index (χ2v) is 7.19. The number of benzene rings is 2. The molecule has 0 atom stereocenters. The van der Waals surface area contributed by atoms with Gasteiger partial charge < -0.3 is 10.5 Å². The molecule has 2 aromatic carbocycles. The SMILES string of the molecule is COC(=O)CC1CCN(Cc2ccc(-c3ccc(C(=N)N)cc3)cc2)CC1.Cl. The molecule has 1 heterocycles. The summed E-state index contributed by atoms with van der Waals surface area (Å²) in [6, 6.07) is 16.4. The maximum Gasteiger partial charge on any atom is 0.305 e. The molecule has 0 amide bonds. The van der Waals surface area contributed by atoms with Crippen molar-refractivity contribution in [3.63, 3.8) is 0 Å². The number of likely N-dealkylation sites (tertiary alicyclic amines) is 1. The van der Waals surface area contributed by atoms with E-state index >= 15 is 0 Å². The van der Waals surface area contributed by atoms with Crippen LogP contribution in [-0.2, 0) is 16.1 Å². The van der Waals surface area contributed by atoms with Gasteiger partial charge >= 0.3 is 5.97 Å². The van der Waals surface area contributed by atoms with Crippen LogP contribution >= 0.6 is 12.4 Å². The molecule has 5 nitrogen and oxygen atoms in total. The predicted octanol–water partition coefficient (Wildman–Crippen LogP) is 3.83. The van der Waals surface area contributed by atoms with Crippen molar-refractivity contribution >= 4 is 24.2 Å². The molecule has 0 saturated carbocycles. The first kappa shape index (κ1) is 21.9. The molecule has 1 aliphatic rings. The number of piperidine rings is 1. The number of nitrogens with two attached hydrogens (primary N) is 1. The summed E-state index contributed by atoms with van der Waals surface area (Å²) in [7, 11) is 1.46. The summed E-state index contributed by atoms with van der Waals surface area (Å²) in [5, 5.41) is 7.47. The second-order valence-electron chi connectivity index (χ2n) is 7.19. The molecule has 3 rings (SSSR count). The maximum absolute atomic E-state index is 11.4. The van der Waals surface area contributed by atoms with Crippen LogP contribution in [0.15, 0.2) is 48.5 Å². The third kappa shape index (κ3) is 5.81. The number of nitrogens with one attached hydrogen (secondary N) is 1. The highest BCUT2D eigenvalue weighted by Gasteiger charge is 2.21. The van der Waals surface area contributed by atoms with Gasteiger partial charge in [-0.3, -0.25) is 15.1 Å². The number of carbonyl (C=O) groups is 1. The molecule has 0 radical (unpaired) electrons. The van der Waals surface area contributed by atoms with Crippen molar-refractivity contribution in [3.05, 3.63) is 59.7 Å². The van der Waals surface area contributed by atoms with Crippen LogP contribution in [0.25, 0.3) is 11.1 Å². The quantitative estimate of drug-likeness (QED) is 0.438. The van der Waals surface area contributed by atoms with Gasteiger partial charge in [-0.15, -0.1) is 12.4 Å². The Kier molecular flexibility index (Phi) is 8.03. The molecule has 3 N–H and O–H groups in total. The van der Waals surface area contributed by atoms with Crippen LogP contribution in [0.4, 0.5) is 0 Å². The number of methoxy groups -OCH3 is 1. The molecule has 0 spiro atoms. The molecule has 28 heavy (non-hydrogen) atoms. The summed E-state index contributed by atoms with van der Waals surface area (Å²) < 4.78 is 4.77. The van der Waals surface area contributed by atoms with Crippen LogP contribution in [-0.4, -0.2) is 36.9 Å². The summed E-state index contributed by atoms with van der Waals surface area (Å²) in [5.74, 6) is 0.446. The zero-order chi connectivity index (χ0) is 19.2. The van der Waals surface area contributed by atoms with Gasteiger partial charge in [0.05, 0.1) is 7.11 Å². The lowest BCUT2D eigenvalue weighted by Gasteiger charge is -2.31. The van der Waals surface area contributed by atoms with Crippen molar-refractivity contribution in [2.45, 2.75) is 25.8 Å². The molecule has 0 aliphatic carbocycles. The molecule has 0 aromatic heterocycles. The maximum atomic E-state index is 11.4. The van der Waals surface area contributed by atoms with Gasteiger partial charge in [0, 0.05) is 18.5 Å². The largest absolute Gasteiger partial charge is 0.469 e. The highest BCUT2D eigenvalue weighted by Crippen LogP contribution is 2.24. The average molecular weight is 402 g/mol. The van der Waals surface area contributed by atoms with Crippen molar-refractivity contribution in [1.82, 2.24) is 4.90 Å². The Hall–Kier alpha value is -2.37. The van der Waals surface area contributed by atoms with E-state index in [9.17, 15) is 4.79 Å². The molecule has 0 unspecified atom stereocenters. The highest BCUT2D eigenvalue weighted by atomic mass is 35.5. The van der Waals surface area contributed by atoms with Gasteiger partial charge in [0.25, 0.3) is 0 Å². The molecule has 150 valence electrons. The number of esters is 1. The molecular weight excluding hydrogens is 374 g/mol. The van der Waals surface area contributed by atoms with Gasteiger partial charge in [-0.25, -0.2) is 0 Å². The lowest BCUT2D eigenvalue weighted by Crippen LogP contribution is -2.34. The van der Waals surface area contributed by atoms with E-state index in [-0.39, 0.29) is 24.2 Å². The fourth-order valence-electron chi connectivity index (χ4n) is 3.57. The number of nitrogens with zero attached hydrogens (tertiary/aromatic N) is 1. The minimum absolute atomic E-state index is 0. The minimum Gasteiger partial charge on any atom is -0.469 e. The number of ether oxygens (including phenoxy) is 1. The first-order valence-electron chi connectivity index (χ1n) is 9.38. The Morgan fingerprint density at radius 1 is 1.07 bits per heavy atom. The number of halogens is 1. The van der Waals surface area contributed by atoms with E-state index in [1.165, 1.54) is 12.7 Å². The van der Waals surface area contributed by atoms with Crippen LogP contribution in [0.1, 0.15) is 30.4 Å². The zero-order valence-electron chi connectivity index (χ0n) is 16.2. The summed E-state index contributed by atoms with van der Waals surface area (Å²) in [4.78, 5) is 13.8. The van der Waals surface area contributed by atoms with Gasteiger partial charge in [-0.1, -0.05) is 48.5 Å². The Labute approximate surface area is 172 Å². The Balaban J connectivity index is 0.00000280. The standard InChI is InChI=1S/C22H27N3O2.ClH/c1-27-21(26)14-16-10-12-25(13-11-16)15-17-2-4-18(5-3-17)19-6-8-20(9-7-19)22(23)24;/h2-9,16H,10-15H2,1H3,(H3,23,24);1H. The van der Waals surface area contributed by atoms with Gasteiger partial charge in [-0.2, -0.15) is 0 Å². The van der Waals surface area contributed by atoms with Crippen molar-refractivity contribution in [2.75, 3.05) is 20.2 Å². The smallest absolute Gasteiger partial charge is 0.305 e. The summed E-state index contributed by atoms with van der Waals surface area (Å²) in [6.07, 6.45) is 2.65. The third-order valence-electron chi connectivity index (χ3n) is 5.28. The topological polar surface area (TPSA) is 79.4 Å². The normalized spacial score (nSPS) is 14.9. The van der Waals surface area contributed by atoms with Gasteiger partial charge in [-0.05, 0) is 48.5 Å². The van der Waals surface area contributed by atoms with E-state index in [0.717, 1.165) is 49.2 Å². The van der Waals surface area contributed by atoms with Crippen LogP contribution < -0.4 is 5.73 Å². The first-order valence-corrected chi connectivity index (χ1v) is 9.38. The van der Waals surface area contributed by atoms with Crippen LogP contribution in [0, 0.1) is 11.3 Å².